The van der Waals surface area contributed by atoms with Crippen molar-refractivity contribution < 1.29 is 13.9 Å². The monoisotopic (exact) mass is 351 g/mol. The van der Waals surface area contributed by atoms with Crippen LogP contribution in [-0.4, -0.2) is 12.5 Å². The van der Waals surface area contributed by atoms with Crippen LogP contribution in [0, 0.1) is 6.92 Å². The van der Waals surface area contributed by atoms with E-state index in [-0.39, 0.29) is 11.9 Å². The van der Waals surface area contributed by atoms with E-state index in [9.17, 15) is 4.79 Å². The number of nitrogens with one attached hydrogen (secondary N) is 1. The molecule has 4 heteroatoms. The molecule has 0 spiro atoms. The molecule has 3 rings (SSSR count). The molecular weight excluding hydrogens is 326 g/mol. The summed E-state index contributed by atoms with van der Waals surface area (Å²) < 4.78 is 11.5. The number of hydrogen-bond acceptors (Lipinski definition) is 3. The van der Waals surface area contributed by atoms with Gasteiger partial charge >= 0.3 is 0 Å². The molecule has 0 fully saturated rings. The van der Waals surface area contributed by atoms with Crippen molar-refractivity contribution >= 4 is 16.9 Å². The fourth-order valence-corrected chi connectivity index (χ4v) is 3.00. The zero-order valence-corrected chi connectivity index (χ0v) is 15.5. The number of fused-ring (bicyclic) bond motifs is 1. The van der Waals surface area contributed by atoms with Crippen LogP contribution in [0.5, 0.6) is 5.75 Å². The van der Waals surface area contributed by atoms with Crippen molar-refractivity contribution in [2.75, 3.05) is 6.61 Å². The normalized spacial score (nSPS) is 12.1. The quantitative estimate of drug-likeness (QED) is 0.579. The second-order valence-electron chi connectivity index (χ2n) is 6.50. The molecule has 26 heavy (non-hydrogen) atoms. The lowest BCUT2D eigenvalue weighted by Gasteiger charge is -2.14. The molecule has 1 heterocycles. The van der Waals surface area contributed by atoms with Gasteiger partial charge in [-0.15, -0.1) is 0 Å². The van der Waals surface area contributed by atoms with Gasteiger partial charge in [0.25, 0.3) is 5.91 Å². The Morgan fingerprint density at radius 2 is 1.96 bits per heavy atom. The molecule has 0 saturated carbocycles. The van der Waals surface area contributed by atoms with Gasteiger partial charge in [0.15, 0.2) is 0 Å². The molecule has 0 saturated heterocycles. The number of aryl methyl sites for hydroxylation is 1. The highest BCUT2D eigenvalue weighted by Crippen LogP contribution is 2.29. The summed E-state index contributed by atoms with van der Waals surface area (Å²) in [5, 5.41) is 3.85. The van der Waals surface area contributed by atoms with Gasteiger partial charge < -0.3 is 14.5 Å². The summed E-state index contributed by atoms with van der Waals surface area (Å²) in [5.74, 6) is 1.24. The summed E-state index contributed by atoms with van der Waals surface area (Å²) in [6.07, 6.45) is 2.09. The Balaban J connectivity index is 1.84. The van der Waals surface area contributed by atoms with Crippen LogP contribution in [0.1, 0.15) is 54.4 Å². The van der Waals surface area contributed by atoms with Gasteiger partial charge in [0, 0.05) is 5.39 Å². The maximum Gasteiger partial charge on any atom is 0.255 e. The zero-order valence-electron chi connectivity index (χ0n) is 15.5. The van der Waals surface area contributed by atoms with E-state index in [0.29, 0.717) is 23.5 Å². The third-order valence-corrected chi connectivity index (χ3v) is 4.48. The number of rotatable bonds is 7. The van der Waals surface area contributed by atoms with Crippen LogP contribution >= 0.6 is 0 Å². The first-order valence-electron chi connectivity index (χ1n) is 9.12. The lowest BCUT2D eigenvalue weighted by Crippen LogP contribution is -2.26. The average Bonchev–Trinajstić information content (AvgIpc) is 2.97. The maximum absolute atomic E-state index is 12.9. The van der Waals surface area contributed by atoms with E-state index in [0.717, 1.165) is 29.5 Å². The van der Waals surface area contributed by atoms with E-state index in [4.69, 9.17) is 9.15 Å². The molecule has 0 aliphatic heterocycles. The predicted octanol–water partition coefficient (Wildman–Crippen LogP) is 5.41. The first-order valence-corrected chi connectivity index (χ1v) is 9.12. The molecule has 0 bridgehead atoms. The highest BCUT2D eigenvalue weighted by Gasteiger charge is 2.20. The van der Waals surface area contributed by atoms with Crippen LogP contribution < -0.4 is 10.1 Å². The van der Waals surface area contributed by atoms with Crippen molar-refractivity contribution in [2.24, 2.45) is 0 Å². The fourth-order valence-electron chi connectivity index (χ4n) is 3.00. The Morgan fingerprint density at radius 3 is 2.69 bits per heavy atom. The van der Waals surface area contributed by atoms with E-state index < -0.39 is 0 Å². The molecule has 0 aliphatic carbocycles. The Hall–Kier alpha value is -2.75. The molecule has 1 N–H and O–H groups in total. The summed E-state index contributed by atoms with van der Waals surface area (Å²) >= 11 is 0. The summed E-state index contributed by atoms with van der Waals surface area (Å²) in [5.41, 5.74) is 2.33. The number of amides is 1. The van der Waals surface area contributed by atoms with Gasteiger partial charge in [0.1, 0.15) is 17.1 Å². The van der Waals surface area contributed by atoms with Crippen molar-refractivity contribution in [3.8, 4) is 5.75 Å². The maximum atomic E-state index is 12.9. The Morgan fingerprint density at radius 1 is 1.19 bits per heavy atom. The summed E-state index contributed by atoms with van der Waals surface area (Å²) in [6.45, 7) is 6.59. The van der Waals surface area contributed by atoms with Gasteiger partial charge in [-0.3, -0.25) is 4.79 Å². The van der Waals surface area contributed by atoms with E-state index >= 15 is 0 Å². The molecule has 1 unspecified atom stereocenters. The topological polar surface area (TPSA) is 51.5 Å². The minimum Gasteiger partial charge on any atom is -0.494 e. The number of furan rings is 1. The number of ether oxygens (including phenoxy) is 1. The second-order valence-corrected chi connectivity index (χ2v) is 6.50. The first-order chi connectivity index (χ1) is 12.6. The van der Waals surface area contributed by atoms with E-state index in [1.54, 1.807) is 0 Å². The van der Waals surface area contributed by atoms with Crippen molar-refractivity contribution in [2.45, 2.75) is 39.7 Å². The number of benzene rings is 2. The van der Waals surface area contributed by atoms with Crippen molar-refractivity contribution in [3.05, 3.63) is 65.4 Å². The Labute approximate surface area is 154 Å². The van der Waals surface area contributed by atoms with Crippen LogP contribution in [0.4, 0.5) is 0 Å². The lowest BCUT2D eigenvalue weighted by molar-refractivity contribution is 0.0940. The summed E-state index contributed by atoms with van der Waals surface area (Å²) in [6, 6.07) is 15.5. The van der Waals surface area contributed by atoms with Crippen LogP contribution in [0.25, 0.3) is 11.0 Å². The summed E-state index contributed by atoms with van der Waals surface area (Å²) in [4.78, 5) is 12.9. The molecule has 0 aliphatic rings. The molecule has 4 nitrogen and oxygen atoms in total. The van der Waals surface area contributed by atoms with Gasteiger partial charge in [-0.1, -0.05) is 43.7 Å². The van der Waals surface area contributed by atoms with Crippen molar-refractivity contribution in [1.82, 2.24) is 5.32 Å². The molecule has 1 aromatic heterocycles. The molecule has 3 aromatic rings. The molecule has 136 valence electrons. The smallest absolute Gasteiger partial charge is 0.255 e. The molecule has 1 amide bonds. The lowest BCUT2D eigenvalue weighted by atomic mass is 10.1. The fraction of sp³-hybridized carbons (Fsp3) is 0.318. The molecule has 0 radical (unpaired) electrons. The van der Waals surface area contributed by atoms with E-state index in [2.05, 4.69) is 12.2 Å². The van der Waals surface area contributed by atoms with Gasteiger partial charge in [-0.05, 0) is 44.0 Å². The van der Waals surface area contributed by atoms with E-state index in [1.807, 2.05) is 62.4 Å². The molecule has 1 atom stereocenters. The number of carbonyl (C=O) groups is 1. The van der Waals surface area contributed by atoms with E-state index in [1.165, 1.54) is 0 Å². The third kappa shape index (κ3) is 3.90. The third-order valence-electron chi connectivity index (χ3n) is 4.48. The largest absolute Gasteiger partial charge is 0.494 e. The minimum atomic E-state index is -0.136. The highest BCUT2D eigenvalue weighted by molar-refractivity contribution is 6.07. The number of hydrogen-bond donors (Lipinski definition) is 1. The van der Waals surface area contributed by atoms with Gasteiger partial charge in [-0.2, -0.15) is 0 Å². The van der Waals surface area contributed by atoms with Crippen LogP contribution in [0.3, 0.4) is 0 Å². The first kappa shape index (κ1) is 18.1. The van der Waals surface area contributed by atoms with Gasteiger partial charge in [0.2, 0.25) is 0 Å². The van der Waals surface area contributed by atoms with Crippen molar-refractivity contribution in [1.29, 1.82) is 0 Å². The van der Waals surface area contributed by atoms with Crippen LogP contribution in [0.15, 0.2) is 52.9 Å². The molecular formula is C22H25NO3. The van der Waals surface area contributed by atoms with Crippen LogP contribution in [-0.2, 0) is 0 Å². The Kier molecular flexibility index (Phi) is 5.61. The van der Waals surface area contributed by atoms with Crippen LogP contribution in [0.2, 0.25) is 0 Å². The summed E-state index contributed by atoms with van der Waals surface area (Å²) in [7, 11) is 0. The predicted molar refractivity (Wildman–Crippen MR) is 104 cm³/mol. The highest BCUT2D eigenvalue weighted by atomic mass is 16.5. The van der Waals surface area contributed by atoms with Crippen molar-refractivity contribution in [3.63, 3.8) is 0 Å². The Bertz CT molecular complexity index is 883. The van der Waals surface area contributed by atoms with Gasteiger partial charge in [0.05, 0.1) is 18.2 Å². The number of carbonyl (C=O) groups excluding carboxylic acids is 1. The number of unbranched alkanes of at least 4 members (excludes halogenated alkanes) is 1. The van der Waals surface area contributed by atoms with Gasteiger partial charge in [-0.25, -0.2) is 0 Å². The second kappa shape index (κ2) is 8.09. The minimum absolute atomic E-state index is 0.0861. The zero-order chi connectivity index (χ0) is 18.5. The molecule has 2 aromatic carbocycles. The SMILES string of the molecule is CCCCOc1ccc2oc(C)c(C(=O)NC(C)c3ccccc3)c2c1. The standard InChI is InChI=1S/C22H25NO3/c1-4-5-13-25-18-11-12-20-19(14-18)21(16(3)26-20)22(24)23-15(2)17-9-7-6-8-10-17/h6-12,14-15H,4-5,13H2,1-3H3,(H,23,24). The average molecular weight is 351 g/mol.